The van der Waals surface area contributed by atoms with Crippen LogP contribution in [0.4, 0.5) is 13.2 Å². The molecule has 6 heteroatoms. The Morgan fingerprint density at radius 3 is 1.86 bits per heavy atom. The third kappa shape index (κ3) is 4.24. The molecule has 0 fully saturated rings. The number of carboxylic acid groups (broad SMARTS) is 1. The molecule has 0 aromatic heterocycles. The van der Waals surface area contributed by atoms with Crippen molar-refractivity contribution in [2.45, 2.75) is 12.6 Å². The SMILES string of the molecule is O=C(O)Cc1ccc(Oc2ccc(C(F)(F)F)cc2)cc1. The van der Waals surface area contributed by atoms with E-state index in [0.717, 1.165) is 12.1 Å². The molecular formula is C15H11F3O3. The molecule has 2 aromatic carbocycles. The van der Waals surface area contributed by atoms with Gasteiger partial charge in [0, 0.05) is 0 Å². The van der Waals surface area contributed by atoms with E-state index in [1.807, 2.05) is 0 Å². The van der Waals surface area contributed by atoms with Gasteiger partial charge >= 0.3 is 12.1 Å². The van der Waals surface area contributed by atoms with Gasteiger partial charge in [-0.15, -0.1) is 0 Å². The molecule has 1 N–H and O–H groups in total. The zero-order valence-electron chi connectivity index (χ0n) is 10.7. The van der Waals surface area contributed by atoms with E-state index in [2.05, 4.69) is 0 Å². The van der Waals surface area contributed by atoms with Crippen molar-refractivity contribution in [2.24, 2.45) is 0 Å². The van der Waals surface area contributed by atoms with Gasteiger partial charge in [-0.25, -0.2) is 0 Å². The minimum atomic E-state index is -4.38. The summed E-state index contributed by atoms with van der Waals surface area (Å²) in [6.07, 6.45) is -4.47. The first-order valence-electron chi connectivity index (χ1n) is 6.00. The number of ether oxygens (including phenoxy) is 1. The fourth-order valence-electron chi connectivity index (χ4n) is 1.70. The summed E-state index contributed by atoms with van der Waals surface area (Å²) in [7, 11) is 0. The lowest BCUT2D eigenvalue weighted by atomic mass is 10.1. The Balaban J connectivity index is 2.06. The van der Waals surface area contributed by atoms with Crippen molar-refractivity contribution in [1.82, 2.24) is 0 Å². The summed E-state index contributed by atoms with van der Waals surface area (Å²) in [5.41, 5.74) is -0.131. The summed E-state index contributed by atoms with van der Waals surface area (Å²) in [4.78, 5) is 10.5. The first-order valence-corrected chi connectivity index (χ1v) is 6.00. The van der Waals surface area contributed by atoms with E-state index in [1.165, 1.54) is 12.1 Å². The largest absolute Gasteiger partial charge is 0.481 e. The maximum Gasteiger partial charge on any atom is 0.416 e. The summed E-state index contributed by atoms with van der Waals surface area (Å²) < 4.78 is 42.6. The zero-order valence-corrected chi connectivity index (χ0v) is 10.7. The first kappa shape index (κ1) is 14.9. The van der Waals surface area contributed by atoms with Crippen molar-refractivity contribution in [1.29, 1.82) is 0 Å². The van der Waals surface area contributed by atoms with Crippen LogP contribution in [0.15, 0.2) is 48.5 Å². The summed E-state index contributed by atoms with van der Waals surface area (Å²) >= 11 is 0. The van der Waals surface area contributed by atoms with Gasteiger partial charge in [-0.1, -0.05) is 12.1 Å². The molecule has 0 aliphatic carbocycles. The van der Waals surface area contributed by atoms with Crippen LogP contribution in [-0.4, -0.2) is 11.1 Å². The van der Waals surface area contributed by atoms with E-state index in [9.17, 15) is 18.0 Å². The van der Waals surface area contributed by atoms with Crippen LogP contribution >= 0.6 is 0 Å². The number of alkyl halides is 3. The molecule has 0 amide bonds. The van der Waals surface area contributed by atoms with Crippen molar-refractivity contribution >= 4 is 5.97 Å². The molecule has 110 valence electrons. The smallest absolute Gasteiger partial charge is 0.416 e. The molecular weight excluding hydrogens is 285 g/mol. The number of carbonyl (C=O) groups is 1. The predicted molar refractivity (Wildman–Crippen MR) is 69.3 cm³/mol. The van der Waals surface area contributed by atoms with Gasteiger partial charge in [0.05, 0.1) is 12.0 Å². The van der Waals surface area contributed by atoms with Crippen LogP contribution in [0.3, 0.4) is 0 Å². The molecule has 0 aliphatic heterocycles. The minimum Gasteiger partial charge on any atom is -0.481 e. The molecule has 0 radical (unpaired) electrons. The predicted octanol–water partition coefficient (Wildman–Crippen LogP) is 4.12. The second-order valence-electron chi connectivity index (χ2n) is 4.34. The molecule has 2 rings (SSSR count). The standard InChI is InChI=1S/C15H11F3O3/c16-15(17,18)11-3-7-13(8-4-11)21-12-5-1-10(2-6-12)9-14(19)20/h1-8H,9H2,(H,19,20). The number of benzene rings is 2. The first-order chi connectivity index (χ1) is 9.84. The Morgan fingerprint density at radius 1 is 0.952 bits per heavy atom. The maximum atomic E-state index is 12.4. The second-order valence-corrected chi connectivity index (χ2v) is 4.34. The number of hydrogen-bond donors (Lipinski definition) is 1. The van der Waals surface area contributed by atoms with E-state index < -0.39 is 17.7 Å². The highest BCUT2D eigenvalue weighted by Crippen LogP contribution is 2.31. The van der Waals surface area contributed by atoms with E-state index in [-0.39, 0.29) is 12.2 Å². The van der Waals surface area contributed by atoms with Crippen molar-refractivity contribution in [3.8, 4) is 11.5 Å². The third-order valence-electron chi connectivity index (χ3n) is 2.70. The van der Waals surface area contributed by atoms with Gasteiger partial charge in [0.2, 0.25) is 0 Å². The number of halogens is 3. The number of aliphatic carboxylic acids is 1. The van der Waals surface area contributed by atoms with E-state index in [1.54, 1.807) is 24.3 Å². The topological polar surface area (TPSA) is 46.5 Å². The van der Waals surface area contributed by atoms with E-state index in [4.69, 9.17) is 9.84 Å². The van der Waals surface area contributed by atoms with Gasteiger partial charge in [0.1, 0.15) is 11.5 Å². The van der Waals surface area contributed by atoms with E-state index >= 15 is 0 Å². The fraction of sp³-hybridized carbons (Fsp3) is 0.133. The van der Waals surface area contributed by atoms with Gasteiger partial charge in [-0.2, -0.15) is 13.2 Å². The lowest BCUT2D eigenvalue weighted by molar-refractivity contribution is -0.138. The number of hydrogen-bond acceptors (Lipinski definition) is 2. The number of carboxylic acids is 1. The lowest BCUT2D eigenvalue weighted by Gasteiger charge is -2.09. The van der Waals surface area contributed by atoms with Crippen LogP contribution in [0.2, 0.25) is 0 Å². The highest BCUT2D eigenvalue weighted by molar-refractivity contribution is 5.70. The van der Waals surface area contributed by atoms with Crippen LogP contribution in [0, 0.1) is 0 Å². The number of rotatable bonds is 4. The molecule has 2 aromatic rings. The van der Waals surface area contributed by atoms with Crippen molar-refractivity contribution in [2.75, 3.05) is 0 Å². The average Bonchev–Trinajstić information content (AvgIpc) is 2.40. The van der Waals surface area contributed by atoms with Crippen molar-refractivity contribution < 1.29 is 27.8 Å². The minimum absolute atomic E-state index is 0.0967. The quantitative estimate of drug-likeness (QED) is 0.923. The molecule has 0 spiro atoms. The van der Waals surface area contributed by atoms with Crippen LogP contribution in [-0.2, 0) is 17.4 Å². The summed E-state index contributed by atoms with van der Waals surface area (Å²) in [6, 6.07) is 10.6. The van der Waals surface area contributed by atoms with Gasteiger partial charge in [0.25, 0.3) is 0 Å². The zero-order chi connectivity index (χ0) is 15.5. The second kappa shape index (κ2) is 5.87. The maximum absolute atomic E-state index is 12.4. The summed E-state index contributed by atoms with van der Waals surface area (Å²) in [6.45, 7) is 0. The fourth-order valence-corrected chi connectivity index (χ4v) is 1.70. The van der Waals surface area contributed by atoms with Crippen LogP contribution in [0.25, 0.3) is 0 Å². The van der Waals surface area contributed by atoms with Gasteiger partial charge in [-0.05, 0) is 42.0 Å². The molecule has 0 bridgehead atoms. The summed E-state index contributed by atoms with van der Waals surface area (Å²) in [5, 5.41) is 8.64. The molecule has 0 saturated heterocycles. The van der Waals surface area contributed by atoms with Gasteiger partial charge in [0.15, 0.2) is 0 Å². The van der Waals surface area contributed by atoms with Crippen LogP contribution in [0.5, 0.6) is 11.5 Å². The molecule has 0 unspecified atom stereocenters. The van der Waals surface area contributed by atoms with Crippen LogP contribution < -0.4 is 4.74 Å². The van der Waals surface area contributed by atoms with Gasteiger partial charge in [-0.3, -0.25) is 4.79 Å². The Bertz CT molecular complexity index is 616. The molecule has 21 heavy (non-hydrogen) atoms. The Labute approximate surface area is 118 Å². The molecule has 0 aliphatic rings. The van der Waals surface area contributed by atoms with Crippen LogP contribution in [0.1, 0.15) is 11.1 Å². The van der Waals surface area contributed by atoms with Crippen molar-refractivity contribution in [3.63, 3.8) is 0 Å². The monoisotopic (exact) mass is 296 g/mol. The molecule has 0 saturated carbocycles. The van der Waals surface area contributed by atoms with Gasteiger partial charge < -0.3 is 9.84 Å². The molecule has 0 heterocycles. The van der Waals surface area contributed by atoms with E-state index in [0.29, 0.717) is 11.3 Å². The van der Waals surface area contributed by atoms with Crippen molar-refractivity contribution in [3.05, 3.63) is 59.7 Å². The highest BCUT2D eigenvalue weighted by Gasteiger charge is 2.30. The lowest BCUT2D eigenvalue weighted by Crippen LogP contribution is -2.04. The third-order valence-corrected chi connectivity index (χ3v) is 2.70. The highest BCUT2D eigenvalue weighted by atomic mass is 19.4. The average molecular weight is 296 g/mol. The molecule has 0 atom stereocenters. The normalized spacial score (nSPS) is 11.2. The Morgan fingerprint density at radius 2 is 1.43 bits per heavy atom. The molecule has 3 nitrogen and oxygen atoms in total. The Hall–Kier alpha value is -2.50. The summed E-state index contributed by atoms with van der Waals surface area (Å²) in [5.74, 6) is -0.246. The Kier molecular flexibility index (Phi) is 4.16.